The molecule has 2 N–H and O–H groups in total. The van der Waals surface area contributed by atoms with Gasteiger partial charge in [0.25, 0.3) is 0 Å². The molecular weight excluding hydrogens is 554 g/mol. The van der Waals surface area contributed by atoms with Gasteiger partial charge in [-0.1, -0.05) is 46.9 Å². The van der Waals surface area contributed by atoms with Crippen LogP contribution in [0.25, 0.3) is 0 Å². The number of rotatable bonds is 9. The fourth-order valence-electron chi connectivity index (χ4n) is 4.11. The van der Waals surface area contributed by atoms with Gasteiger partial charge in [-0.05, 0) is 48.0 Å². The Morgan fingerprint density at radius 2 is 1.76 bits per heavy atom. The van der Waals surface area contributed by atoms with Crippen LogP contribution in [0, 0.1) is 5.82 Å². The quantitative estimate of drug-likeness (QED) is 0.310. The lowest BCUT2D eigenvalue weighted by molar-refractivity contribution is 0.197. The summed E-state index contributed by atoms with van der Waals surface area (Å²) in [5, 5.41) is 6.46. The number of carbonyl (C=O) groups excluding carboxylic acids is 1. The number of ether oxygens (including phenoxy) is 2. The van der Waals surface area contributed by atoms with Crippen molar-refractivity contribution in [1.82, 2.24) is 10.2 Å². The predicted molar refractivity (Wildman–Crippen MR) is 151 cm³/mol. The SMILES string of the molecule is COc1cc(CNC(=O)Nc2ccc(F)c(Cl)c2)ccc1OCCN1CCN(c2cccc(Cl)c2Cl)CC1. The van der Waals surface area contributed by atoms with Gasteiger partial charge in [0.05, 0.1) is 27.9 Å². The van der Waals surface area contributed by atoms with Crippen LogP contribution < -0.4 is 25.0 Å². The highest BCUT2D eigenvalue weighted by Gasteiger charge is 2.20. The molecule has 0 bridgehead atoms. The molecule has 0 saturated carbocycles. The van der Waals surface area contributed by atoms with Crippen LogP contribution in [0.3, 0.4) is 0 Å². The minimum Gasteiger partial charge on any atom is -0.493 e. The Morgan fingerprint density at radius 1 is 0.974 bits per heavy atom. The maximum absolute atomic E-state index is 13.3. The van der Waals surface area contributed by atoms with Gasteiger partial charge in [0.1, 0.15) is 12.4 Å². The Hall–Kier alpha value is -2.91. The van der Waals surface area contributed by atoms with Gasteiger partial charge in [-0.25, -0.2) is 9.18 Å². The number of hydrogen-bond acceptors (Lipinski definition) is 5. The topological polar surface area (TPSA) is 66.1 Å². The maximum atomic E-state index is 13.3. The number of halogens is 4. The number of hydrogen-bond donors (Lipinski definition) is 2. The number of carbonyl (C=O) groups is 1. The number of piperazine rings is 1. The third-order valence-corrected chi connectivity index (χ3v) is 7.27. The van der Waals surface area contributed by atoms with Crippen LogP contribution in [0.1, 0.15) is 5.56 Å². The summed E-state index contributed by atoms with van der Waals surface area (Å²) in [7, 11) is 1.57. The molecule has 4 rings (SSSR count). The Labute approximate surface area is 236 Å². The van der Waals surface area contributed by atoms with Gasteiger partial charge in [0.15, 0.2) is 11.5 Å². The third-order valence-electron chi connectivity index (χ3n) is 6.17. The van der Waals surface area contributed by atoms with E-state index in [4.69, 9.17) is 44.3 Å². The van der Waals surface area contributed by atoms with Gasteiger partial charge in [-0.3, -0.25) is 4.90 Å². The largest absolute Gasteiger partial charge is 0.493 e. The summed E-state index contributed by atoms with van der Waals surface area (Å²) >= 11 is 18.3. The molecule has 2 amide bonds. The van der Waals surface area contributed by atoms with Crippen molar-refractivity contribution >= 4 is 52.2 Å². The normalized spacial score (nSPS) is 13.8. The van der Waals surface area contributed by atoms with Crippen molar-refractivity contribution in [2.45, 2.75) is 6.54 Å². The first-order valence-electron chi connectivity index (χ1n) is 12.0. The highest BCUT2D eigenvalue weighted by molar-refractivity contribution is 6.43. The van der Waals surface area contributed by atoms with Crippen LogP contribution >= 0.6 is 34.8 Å². The van der Waals surface area contributed by atoms with Gasteiger partial charge in [0, 0.05) is 45.0 Å². The van der Waals surface area contributed by atoms with Gasteiger partial charge < -0.3 is 25.0 Å². The molecule has 1 fully saturated rings. The second kappa shape index (κ2) is 13.2. The van der Waals surface area contributed by atoms with Crippen molar-refractivity contribution in [3.63, 3.8) is 0 Å². The summed E-state index contributed by atoms with van der Waals surface area (Å²) in [5.74, 6) is 0.662. The zero-order valence-electron chi connectivity index (χ0n) is 20.8. The lowest BCUT2D eigenvalue weighted by Crippen LogP contribution is -2.47. The number of anilines is 2. The van der Waals surface area contributed by atoms with Crippen molar-refractivity contribution < 1.29 is 18.7 Å². The van der Waals surface area contributed by atoms with Gasteiger partial charge in [0.2, 0.25) is 0 Å². The first-order chi connectivity index (χ1) is 18.3. The molecule has 0 unspecified atom stereocenters. The predicted octanol–water partition coefficient (Wildman–Crippen LogP) is 6.32. The summed E-state index contributed by atoms with van der Waals surface area (Å²) in [6.07, 6.45) is 0. The second-order valence-electron chi connectivity index (χ2n) is 8.67. The lowest BCUT2D eigenvalue weighted by Gasteiger charge is -2.36. The minimum absolute atomic E-state index is 0.0622. The number of urea groups is 1. The number of nitrogens with one attached hydrogen (secondary N) is 2. The standard InChI is InChI=1S/C27H28Cl3FN4O3/c1-37-25-15-18(17-32-27(36)33-19-6-7-22(31)21(29)16-19)5-8-24(25)38-14-13-34-9-11-35(12-10-34)23-4-2-3-20(28)26(23)30/h2-8,15-16H,9-14,17H2,1H3,(H2,32,33,36). The summed E-state index contributed by atoms with van der Waals surface area (Å²) in [6.45, 7) is 5.03. The molecule has 0 atom stereocenters. The van der Waals surface area contributed by atoms with Crippen LogP contribution in [0.5, 0.6) is 11.5 Å². The van der Waals surface area contributed by atoms with E-state index in [1.807, 2.05) is 30.3 Å². The van der Waals surface area contributed by atoms with E-state index in [1.165, 1.54) is 18.2 Å². The number of methoxy groups -OCH3 is 1. The molecule has 3 aromatic carbocycles. The van der Waals surface area contributed by atoms with Crippen LogP contribution in [0.15, 0.2) is 54.6 Å². The molecule has 1 aliphatic rings. The van der Waals surface area contributed by atoms with Crippen molar-refractivity contribution in [1.29, 1.82) is 0 Å². The molecule has 1 aliphatic heterocycles. The number of amides is 2. The molecular formula is C27H28Cl3FN4O3. The van der Waals surface area contributed by atoms with E-state index in [2.05, 4.69) is 20.4 Å². The Morgan fingerprint density at radius 3 is 2.50 bits per heavy atom. The molecule has 0 spiro atoms. The highest BCUT2D eigenvalue weighted by Crippen LogP contribution is 2.33. The van der Waals surface area contributed by atoms with Crippen molar-refractivity contribution in [3.8, 4) is 11.5 Å². The maximum Gasteiger partial charge on any atom is 0.319 e. The van der Waals surface area contributed by atoms with Gasteiger partial charge >= 0.3 is 6.03 Å². The molecule has 38 heavy (non-hydrogen) atoms. The summed E-state index contributed by atoms with van der Waals surface area (Å²) in [5.41, 5.74) is 2.19. The van der Waals surface area contributed by atoms with Crippen LogP contribution in [-0.2, 0) is 6.54 Å². The first kappa shape index (κ1) is 28.1. The number of benzene rings is 3. The summed E-state index contributed by atoms with van der Waals surface area (Å²) in [4.78, 5) is 16.8. The van der Waals surface area contributed by atoms with E-state index in [0.717, 1.165) is 44.0 Å². The van der Waals surface area contributed by atoms with E-state index in [0.29, 0.717) is 33.8 Å². The van der Waals surface area contributed by atoms with Crippen LogP contribution in [0.2, 0.25) is 15.1 Å². The average Bonchev–Trinajstić information content (AvgIpc) is 2.92. The smallest absolute Gasteiger partial charge is 0.319 e. The Balaban J connectivity index is 1.22. The fraction of sp³-hybridized carbons (Fsp3) is 0.296. The second-order valence-corrected chi connectivity index (χ2v) is 9.86. The van der Waals surface area contributed by atoms with E-state index in [1.54, 1.807) is 13.2 Å². The van der Waals surface area contributed by atoms with Crippen LogP contribution in [-0.4, -0.2) is 57.4 Å². The molecule has 1 heterocycles. The van der Waals surface area contributed by atoms with Gasteiger partial charge in [-0.2, -0.15) is 0 Å². The summed E-state index contributed by atoms with van der Waals surface area (Å²) < 4.78 is 24.8. The lowest BCUT2D eigenvalue weighted by atomic mass is 10.2. The Kier molecular flexibility index (Phi) is 9.80. The Bertz CT molecular complexity index is 1270. The molecule has 3 aromatic rings. The van der Waals surface area contributed by atoms with E-state index < -0.39 is 11.8 Å². The van der Waals surface area contributed by atoms with Crippen LogP contribution in [0.4, 0.5) is 20.6 Å². The zero-order chi connectivity index (χ0) is 27.1. The molecule has 0 aromatic heterocycles. The average molecular weight is 582 g/mol. The van der Waals surface area contributed by atoms with E-state index in [-0.39, 0.29) is 11.6 Å². The first-order valence-corrected chi connectivity index (χ1v) is 13.2. The minimum atomic E-state index is -0.547. The highest BCUT2D eigenvalue weighted by atomic mass is 35.5. The molecule has 202 valence electrons. The van der Waals surface area contributed by atoms with E-state index in [9.17, 15) is 9.18 Å². The fourth-order valence-corrected chi connectivity index (χ4v) is 4.70. The van der Waals surface area contributed by atoms with Crippen molar-refractivity contribution in [2.24, 2.45) is 0 Å². The summed E-state index contributed by atoms with van der Waals surface area (Å²) in [6, 6.07) is 14.7. The molecule has 7 nitrogen and oxygen atoms in total. The van der Waals surface area contributed by atoms with Crippen molar-refractivity contribution in [3.05, 3.63) is 81.0 Å². The monoisotopic (exact) mass is 580 g/mol. The molecule has 0 aliphatic carbocycles. The molecule has 1 saturated heterocycles. The van der Waals surface area contributed by atoms with Crippen molar-refractivity contribution in [2.75, 3.05) is 56.7 Å². The molecule has 0 radical (unpaired) electrons. The zero-order valence-corrected chi connectivity index (χ0v) is 23.0. The number of nitrogens with zero attached hydrogens (tertiary/aromatic N) is 2. The van der Waals surface area contributed by atoms with E-state index >= 15 is 0 Å². The van der Waals surface area contributed by atoms with Gasteiger partial charge in [-0.15, -0.1) is 0 Å². The third kappa shape index (κ3) is 7.35. The molecule has 11 heteroatoms.